The second-order valence-electron chi connectivity index (χ2n) is 13.7. The van der Waals surface area contributed by atoms with Gasteiger partial charge in [0.05, 0.1) is 11.1 Å². The summed E-state index contributed by atoms with van der Waals surface area (Å²) in [6.07, 6.45) is 6.99. The number of carbonyl (C=O) groups excluding carboxylic acids is 2. The van der Waals surface area contributed by atoms with Gasteiger partial charge >= 0.3 is 11.9 Å². The Hall–Kier alpha value is -8.36. The summed E-state index contributed by atoms with van der Waals surface area (Å²) < 4.78 is 34.0. The van der Waals surface area contributed by atoms with Gasteiger partial charge in [0.2, 0.25) is 13.6 Å². The number of benzene rings is 7. The van der Waals surface area contributed by atoms with E-state index in [4.69, 9.17) is 28.4 Å². The van der Waals surface area contributed by atoms with Crippen molar-refractivity contribution in [2.45, 2.75) is 6.92 Å². The van der Waals surface area contributed by atoms with Crippen LogP contribution in [0.3, 0.4) is 0 Å². The summed E-state index contributed by atoms with van der Waals surface area (Å²) >= 11 is 0. The molecule has 0 spiro atoms. The lowest BCUT2D eigenvalue weighted by Crippen LogP contribution is -2.09. The molecule has 0 bridgehead atoms. The SMILES string of the molecule is C=Cc1ccc(OCOc2ccc(OC(=O)c3ccc(C=C)cc3)cc2-c2ccccc2)cc1.C=Cc1ccc(OCOc2ccc(OC(=O)c3ccc(C=C)cc3)cc2C)cc1. The van der Waals surface area contributed by atoms with Crippen LogP contribution in [-0.2, 0) is 0 Å². The third-order valence-electron chi connectivity index (χ3n) is 9.48. The van der Waals surface area contributed by atoms with E-state index in [1.54, 1.807) is 85.0 Å². The van der Waals surface area contributed by atoms with Crippen molar-refractivity contribution >= 4 is 36.2 Å². The molecule has 0 saturated carbocycles. The van der Waals surface area contributed by atoms with Gasteiger partial charge in [-0.25, -0.2) is 9.59 Å². The molecule has 8 heteroatoms. The zero-order valence-corrected chi connectivity index (χ0v) is 34.9. The molecule has 0 aliphatic rings. The lowest BCUT2D eigenvalue weighted by atomic mass is 10.0. The predicted molar refractivity (Wildman–Crippen MR) is 251 cm³/mol. The fourth-order valence-corrected chi connectivity index (χ4v) is 5.95. The molecule has 314 valence electrons. The summed E-state index contributed by atoms with van der Waals surface area (Å²) in [5, 5.41) is 0. The zero-order valence-electron chi connectivity index (χ0n) is 34.9. The van der Waals surface area contributed by atoms with E-state index in [0.29, 0.717) is 45.6 Å². The maximum atomic E-state index is 12.6. The van der Waals surface area contributed by atoms with Crippen LogP contribution >= 0.6 is 0 Å². The average molecular weight is 835 g/mol. The Morgan fingerprint density at radius 2 is 0.810 bits per heavy atom. The minimum atomic E-state index is -0.436. The molecular formula is C55H46O8. The summed E-state index contributed by atoms with van der Waals surface area (Å²) in [5.41, 5.74) is 7.41. The molecule has 0 saturated heterocycles. The van der Waals surface area contributed by atoms with Crippen molar-refractivity contribution < 1.29 is 38.0 Å². The standard InChI is InChI=1S/C30H24O4.C25H22O4/c1-3-22-10-14-25(15-11-22)30(31)34-27-18-19-29(28(20-27)24-8-6-5-7-9-24)33-21-32-26-16-12-23(4-2)13-17-26;1-4-19-6-10-21(11-7-19)25(26)29-23-14-15-24(18(3)16-23)28-17-27-22-12-8-20(5-2)9-13-22/h3-20H,1-2,21H2;4-16H,1-2,17H2,3H3. The van der Waals surface area contributed by atoms with Gasteiger partial charge < -0.3 is 28.4 Å². The van der Waals surface area contributed by atoms with Gasteiger partial charge in [-0.2, -0.15) is 0 Å². The molecule has 0 N–H and O–H groups in total. The highest BCUT2D eigenvalue weighted by molar-refractivity contribution is 5.92. The van der Waals surface area contributed by atoms with Crippen molar-refractivity contribution in [3.63, 3.8) is 0 Å². The monoisotopic (exact) mass is 834 g/mol. The van der Waals surface area contributed by atoms with E-state index in [1.807, 2.05) is 110 Å². The number of ether oxygens (including phenoxy) is 6. The van der Waals surface area contributed by atoms with Crippen LogP contribution in [0.25, 0.3) is 35.4 Å². The number of hydrogen-bond donors (Lipinski definition) is 0. The summed E-state index contributed by atoms with van der Waals surface area (Å²) in [4.78, 5) is 24.9. The number of carbonyl (C=O) groups is 2. The van der Waals surface area contributed by atoms with Gasteiger partial charge in [-0.3, -0.25) is 0 Å². The Kier molecular flexibility index (Phi) is 15.6. The first-order chi connectivity index (χ1) is 30.7. The molecule has 0 atom stereocenters. The van der Waals surface area contributed by atoms with Crippen LogP contribution < -0.4 is 28.4 Å². The van der Waals surface area contributed by atoms with Gasteiger partial charge in [0.1, 0.15) is 34.5 Å². The highest BCUT2D eigenvalue weighted by Gasteiger charge is 2.14. The molecule has 7 rings (SSSR count). The van der Waals surface area contributed by atoms with Gasteiger partial charge in [-0.05, 0) is 125 Å². The first kappa shape index (κ1) is 44.2. The van der Waals surface area contributed by atoms with Gasteiger partial charge in [0.15, 0.2) is 0 Å². The lowest BCUT2D eigenvalue weighted by Gasteiger charge is -2.14. The van der Waals surface area contributed by atoms with E-state index < -0.39 is 11.9 Å². The summed E-state index contributed by atoms with van der Waals surface area (Å²) in [6.45, 7) is 16.9. The lowest BCUT2D eigenvalue weighted by molar-refractivity contribution is 0.0724. The summed E-state index contributed by atoms with van der Waals surface area (Å²) in [7, 11) is 0. The smallest absolute Gasteiger partial charge is 0.343 e. The fraction of sp³-hybridized carbons (Fsp3) is 0.0545. The molecule has 0 aliphatic heterocycles. The van der Waals surface area contributed by atoms with Gasteiger partial charge in [0, 0.05) is 5.56 Å². The first-order valence-electron chi connectivity index (χ1n) is 19.9. The van der Waals surface area contributed by atoms with Crippen molar-refractivity contribution in [1.82, 2.24) is 0 Å². The molecule has 0 heterocycles. The van der Waals surface area contributed by atoms with Gasteiger partial charge in [0.25, 0.3) is 0 Å². The van der Waals surface area contributed by atoms with Crippen molar-refractivity contribution in [2.75, 3.05) is 13.6 Å². The van der Waals surface area contributed by atoms with Crippen LogP contribution in [0.1, 0.15) is 48.5 Å². The van der Waals surface area contributed by atoms with Crippen LogP contribution in [0.2, 0.25) is 0 Å². The van der Waals surface area contributed by atoms with Crippen molar-refractivity contribution in [1.29, 1.82) is 0 Å². The molecule has 7 aromatic rings. The topological polar surface area (TPSA) is 89.5 Å². The molecule has 0 fully saturated rings. The van der Waals surface area contributed by atoms with Crippen LogP contribution in [0.15, 0.2) is 190 Å². The second kappa shape index (κ2) is 22.3. The maximum Gasteiger partial charge on any atom is 0.343 e. The Morgan fingerprint density at radius 3 is 1.24 bits per heavy atom. The molecule has 8 nitrogen and oxygen atoms in total. The minimum absolute atomic E-state index is 0.0298. The molecule has 63 heavy (non-hydrogen) atoms. The quantitative estimate of drug-likeness (QED) is 0.0509. The van der Waals surface area contributed by atoms with E-state index >= 15 is 0 Å². The van der Waals surface area contributed by atoms with Gasteiger partial charge in [-0.15, -0.1) is 0 Å². The third kappa shape index (κ3) is 12.8. The first-order valence-corrected chi connectivity index (χ1v) is 19.9. The zero-order chi connectivity index (χ0) is 44.4. The number of esters is 2. The van der Waals surface area contributed by atoms with Crippen molar-refractivity contribution in [3.05, 3.63) is 229 Å². The van der Waals surface area contributed by atoms with Crippen molar-refractivity contribution in [2.24, 2.45) is 0 Å². The predicted octanol–water partition coefficient (Wildman–Crippen LogP) is 13.2. The Bertz CT molecular complexity index is 2650. The van der Waals surface area contributed by atoms with E-state index in [-0.39, 0.29) is 13.6 Å². The Morgan fingerprint density at radius 1 is 0.429 bits per heavy atom. The summed E-state index contributed by atoms with van der Waals surface area (Å²) in [6, 6.07) is 49.5. The molecule has 0 aromatic heterocycles. The average Bonchev–Trinajstić information content (AvgIpc) is 3.33. The molecule has 0 amide bonds. The maximum absolute atomic E-state index is 12.6. The van der Waals surface area contributed by atoms with E-state index in [2.05, 4.69) is 26.3 Å². The normalized spacial score (nSPS) is 10.2. The Balaban J connectivity index is 0.000000213. The molecule has 7 aromatic carbocycles. The summed E-state index contributed by atoms with van der Waals surface area (Å²) in [5.74, 6) is 2.70. The Labute approximate surface area is 368 Å². The fourth-order valence-electron chi connectivity index (χ4n) is 5.95. The molecular weight excluding hydrogens is 789 g/mol. The van der Waals surface area contributed by atoms with Crippen LogP contribution in [0.5, 0.6) is 34.5 Å². The molecule has 0 radical (unpaired) electrons. The van der Waals surface area contributed by atoms with Crippen molar-refractivity contribution in [3.8, 4) is 45.6 Å². The van der Waals surface area contributed by atoms with Gasteiger partial charge in [-0.1, -0.05) is 129 Å². The minimum Gasteiger partial charge on any atom is -0.458 e. The van der Waals surface area contributed by atoms with E-state index in [9.17, 15) is 9.59 Å². The third-order valence-corrected chi connectivity index (χ3v) is 9.48. The highest BCUT2D eigenvalue weighted by atomic mass is 16.7. The highest BCUT2D eigenvalue weighted by Crippen LogP contribution is 2.34. The van der Waals surface area contributed by atoms with Crippen LogP contribution in [-0.4, -0.2) is 25.5 Å². The van der Waals surface area contributed by atoms with E-state index in [0.717, 1.165) is 38.9 Å². The second-order valence-corrected chi connectivity index (χ2v) is 13.7. The van der Waals surface area contributed by atoms with E-state index in [1.165, 1.54) is 0 Å². The number of aryl methyl sites for hydroxylation is 1. The van der Waals surface area contributed by atoms with Crippen LogP contribution in [0, 0.1) is 6.92 Å². The number of rotatable bonds is 17. The number of hydrogen-bond acceptors (Lipinski definition) is 8. The van der Waals surface area contributed by atoms with Crippen LogP contribution in [0.4, 0.5) is 0 Å². The molecule has 0 unspecified atom stereocenters. The largest absolute Gasteiger partial charge is 0.458 e. The molecule has 0 aliphatic carbocycles.